The van der Waals surface area contributed by atoms with E-state index in [-0.39, 0.29) is 17.7 Å². The SMILES string of the molecule is CC(C)(C)c1ccc(N2B3c4ccc5c(sc6ccccc65)c4N(c4ccc(C(C)(C)C)cc4-c4ccccc4)c4cc5c(oc6ccccc65)c(c43)-c3cc(-c4ccccc4)ccc32)cc1. The Hall–Kier alpha value is -7.34. The predicted octanol–water partition coefficient (Wildman–Crippen LogP) is 16.6. The molecule has 2 aromatic heterocycles. The lowest BCUT2D eigenvalue weighted by atomic mass is 9.43. The van der Waals surface area contributed by atoms with Gasteiger partial charge in [-0.15, -0.1) is 11.3 Å². The Kier molecular flexibility index (Phi) is 8.70. The molecule has 0 saturated carbocycles. The molecule has 11 aromatic rings. The monoisotopic (exact) mass is 880 g/mol. The zero-order valence-corrected chi connectivity index (χ0v) is 39.5. The van der Waals surface area contributed by atoms with Crippen LogP contribution in [-0.4, -0.2) is 6.85 Å². The Morgan fingerprint density at radius 2 is 1.13 bits per heavy atom. The van der Waals surface area contributed by atoms with Gasteiger partial charge in [-0.2, -0.15) is 0 Å². The van der Waals surface area contributed by atoms with Crippen LogP contribution in [0.5, 0.6) is 0 Å². The quantitative estimate of drug-likeness (QED) is 0.164. The van der Waals surface area contributed by atoms with Crippen molar-refractivity contribution in [2.45, 2.75) is 52.4 Å². The molecule has 13 rings (SSSR count). The van der Waals surface area contributed by atoms with Gasteiger partial charge in [0.15, 0.2) is 0 Å². The third-order valence-corrected chi connectivity index (χ3v) is 15.6. The lowest BCUT2D eigenvalue weighted by Gasteiger charge is -2.46. The fourth-order valence-corrected chi connectivity index (χ4v) is 12.2. The first-order chi connectivity index (χ1) is 32.5. The number of furan rings is 1. The number of fused-ring (bicyclic) bond motifs is 12. The van der Waals surface area contributed by atoms with Gasteiger partial charge >= 0.3 is 6.85 Å². The van der Waals surface area contributed by atoms with E-state index in [1.54, 1.807) is 0 Å². The molecular formula is C62H49BN2OS. The molecule has 322 valence electrons. The highest BCUT2D eigenvalue weighted by atomic mass is 32.1. The van der Waals surface area contributed by atoms with Crippen molar-refractivity contribution in [2.75, 3.05) is 9.71 Å². The Bertz CT molecular complexity index is 3780. The number of rotatable bonds is 4. The highest BCUT2D eigenvalue weighted by Crippen LogP contribution is 2.55. The summed E-state index contributed by atoms with van der Waals surface area (Å²) in [5, 5.41) is 4.80. The molecule has 0 aliphatic carbocycles. The average Bonchev–Trinajstić information content (AvgIpc) is 3.92. The maximum atomic E-state index is 7.17. The summed E-state index contributed by atoms with van der Waals surface area (Å²) in [6.07, 6.45) is 0. The molecule has 9 aromatic carbocycles. The van der Waals surface area contributed by atoms with Gasteiger partial charge in [-0.25, -0.2) is 0 Å². The molecule has 0 atom stereocenters. The molecule has 0 saturated heterocycles. The fourth-order valence-electron chi connectivity index (χ4n) is 11.0. The number of hydrogen-bond acceptors (Lipinski definition) is 4. The van der Waals surface area contributed by atoms with Gasteiger partial charge in [0.25, 0.3) is 0 Å². The van der Waals surface area contributed by atoms with Gasteiger partial charge in [0.05, 0.1) is 16.1 Å². The van der Waals surface area contributed by atoms with Crippen molar-refractivity contribution >= 4 is 99.7 Å². The fraction of sp³-hybridized carbons (Fsp3) is 0.129. The van der Waals surface area contributed by atoms with Crippen LogP contribution in [-0.2, 0) is 10.8 Å². The molecule has 4 heterocycles. The van der Waals surface area contributed by atoms with E-state index in [0.717, 1.165) is 50.1 Å². The van der Waals surface area contributed by atoms with Crippen molar-refractivity contribution in [2.24, 2.45) is 0 Å². The van der Waals surface area contributed by atoms with Crippen LogP contribution in [0.3, 0.4) is 0 Å². The summed E-state index contributed by atoms with van der Waals surface area (Å²) >= 11 is 1.91. The summed E-state index contributed by atoms with van der Waals surface area (Å²) in [7, 11) is 0. The molecule has 0 fully saturated rings. The summed E-state index contributed by atoms with van der Waals surface area (Å²) in [5.74, 6) is 0. The van der Waals surface area contributed by atoms with Crippen LogP contribution >= 0.6 is 11.3 Å². The maximum Gasteiger partial charge on any atom is 0.333 e. The van der Waals surface area contributed by atoms with E-state index in [2.05, 4.69) is 239 Å². The smallest absolute Gasteiger partial charge is 0.333 e. The largest absolute Gasteiger partial charge is 0.455 e. The van der Waals surface area contributed by atoms with Gasteiger partial charge in [0, 0.05) is 60.0 Å². The Morgan fingerprint density at radius 3 is 1.88 bits per heavy atom. The molecule has 0 amide bonds. The number of benzene rings is 9. The standard InChI is InChI=1S/C62H49BN2OS/c1-61(2,3)41-26-29-43(30-27-41)65-52-33-25-40(38-17-9-7-10-18-38)35-49(52)56-57-53(37-48-44-21-13-15-23-54(44)66-59(48)56)64(51-34-28-42(62(4,5)6)36-47(51)39-19-11-8-12-20-39)58-50(63(57)65)32-31-46-45-22-14-16-24-55(45)67-60(46)58/h7-37H,1-6H3. The molecule has 0 spiro atoms. The second-order valence-corrected chi connectivity index (χ2v) is 21.5. The molecular weight excluding hydrogens is 832 g/mol. The van der Waals surface area contributed by atoms with Gasteiger partial charge in [-0.3, -0.25) is 0 Å². The highest BCUT2D eigenvalue weighted by molar-refractivity contribution is 7.26. The van der Waals surface area contributed by atoms with Crippen LogP contribution < -0.4 is 20.6 Å². The zero-order valence-electron chi connectivity index (χ0n) is 38.7. The zero-order chi connectivity index (χ0) is 45.3. The number of hydrogen-bond donors (Lipinski definition) is 0. The first-order valence-electron chi connectivity index (χ1n) is 23.5. The van der Waals surface area contributed by atoms with Crippen LogP contribution in [0.2, 0.25) is 0 Å². The first kappa shape index (κ1) is 40.0. The summed E-state index contributed by atoms with van der Waals surface area (Å²) in [6.45, 7) is 13.6. The van der Waals surface area contributed by atoms with Crippen molar-refractivity contribution in [3.8, 4) is 33.4 Å². The van der Waals surface area contributed by atoms with E-state index >= 15 is 0 Å². The van der Waals surface area contributed by atoms with Crippen molar-refractivity contribution in [1.82, 2.24) is 0 Å². The number of thiophene rings is 1. The summed E-state index contributed by atoms with van der Waals surface area (Å²) in [4.78, 5) is 5.28. The summed E-state index contributed by atoms with van der Waals surface area (Å²) < 4.78 is 9.75. The van der Waals surface area contributed by atoms with Crippen LogP contribution in [0.25, 0.3) is 75.5 Å². The normalized spacial score (nSPS) is 13.4. The Labute approximate surface area is 396 Å². The van der Waals surface area contributed by atoms with E-state index in [9.17, 15) is 0 Å². The molecule has 2 aliphatic heterocycles. The first-order valence-corrected chi connectivity index (χ1v) is 24.3. The van der Waals surface area contributed by atoms with Crippen LogP contribution in [0, 0.1) is 0 Å². The van der Waals surface area contributed by atoms with E-state index < -0.39 is 0 Å². The van der Waals surface area contributed by atoms with Crippen molar-refractivity contribution < 1.29 is 4.42 Å². The lowest BCUT2D eigenvalue weighted by Crippen LogP contribution is -2.61. The minimum Gasteiger partial charge on any atom is -0.455 e. The molecule has 0 N–H and O–H groups in total. The highest BCUT2D eigenvalue weighted by Gasteiger charge is 2.48. The van der Waals surface area contributed by atoms with E-state index in [1.807, 2.05) is 11.3 Å². The number of anilines is 5. The molecule has 2 aliphatic rings. The van der Waals surface area contributed by atoms with Gasteiger partial charge in [0.2, 0.25) is 0 Å². The topological polar surface area (TPSA) is 19.6 Å². The molecule has 0 unspecified atom stereocenters. The van der Waals surface area contributed by atoms with Gasteiger partial charge in [-0.05, 0) is 104 Å². The minimum absolute atomic E-state index is 0.0132. The summed E-state index contributed by atoms with van der Waals surface area (Å²) in [5.41, 5.74) is 19.9. The van der Waals surface area contributed by atoms with Crippen LogP contribution in [0.15, 0.2) is 192 Å². The predicted molar refractivity (Wildman–Crippen MR) is 289 cm³/mol. The van der Waals surface area contributed by atoms with Crippen LogP contribution in [0.4, 0.5) is 28.4 Å². The Balaban J connectivity index is 1.22. The second-order valence-electron chi connectivity index (χ2n) is 20.5. The third-order valence-electron chi connectivity index (χ3n) is 14.4. The number of nitrogens with zero attached hydrogens (tertiary/aromatic N) is 2. The van der Waals surface area contributed by atoms with Crippen molar-refractivity contribution in [1.29, 1.82) is 0 Å². The number of para-hydroxylation sites is 1. The van der Waals surface area contributed by atoms with Crippen LogP contribution in [0.1, 0.15) is 52.7 Å². The van der Waals surface area contributed by atoms with Gasteiger partial charge in [-0.1, -0.05) is 175 Å². The van der Waals surface area contributed by atoms with E-state index in [4.69, 9.17) is 4.42 Å². The molecule has 5 heteroatoms. The van der Waals surface area contributed by atoms with Gasteiger partial charge < -0.3 is 14.1 Å². The second kappa shape index (κ2) is 14.6. The molecule has 3 nitrogen and oxygen atoms in total. The van der Waals surface area contributed by atoms with Crippen molar-refractivity contribution in [3.63, 3.8) is 0 Å². The molecule has 0 bridgehead atoms. The minimum atomic E-state index is -0.187. The van der Waals surface area contributed by atoms with Crippen molar-refractivity contribution in [3.05, 3.63) is 199 Å². The molecule has 0 radical (unpaired) electrons. The van der Waals surface area contributed by atoms with E-state index in [0.29, 0.717) is 0 Å². The third kappa shape index (κ3) is 6.10. The van der Waals surface area contributed by atoms with Gasteiger partial charge in [0.1, 0.15) is 11.2 Å². The maximum absolute atomic E-state index is 7.17. The average molecular weight is 881 g/mol. The Morgan fingerprint density at radius 1 is 0.478 bits per heavy atom. The lowest BCUT2D eigenvalue weighted by molar-refractivity contribution is 0.590. The van der Waals surface area contributed by atoms with E-state index in [1.165, 1.54) is 75.9 Å². The molecule has 67 heavy (non-hydrogen) atoms. The summed E-state index contributed by atoms with van der Waals surface area (Å²) in [6, 6.07) is 70.3.